The normalized spacial score (nSPS) is 11.1. The molecule has 0 saturated heterocycles. The Hall–Kier alpha value is -2.70. The van der Waals surface area contributed by atoms with E-state index in [0.717, 1.165) is 6.07 Å². The number of hydrogen-bond donors (Lipinski definition) is 1. The molecule has 0 unspecified atom stereocenters. The van der Waals surface area contributed by atoms with E-state index in [2.05, 4.69) is 5.16 Å². The second kappa shape index (κ2) is 3.91. The number of nitrogens with zero attached hydrogens (tertiary/aromatic N) is 1. The van der Waals surface area contributed by atoms with Crippen LogP contribution in [0.25, 0.3) is 22.3 Å². The Bertz CT molecular complexity index is 790. The zero-order valence-corrected chi connectivity index (χ0v) is 9.18. The number of carbonyl (C=O) groups is 1. The quantitative estimate of drug-likeness (QED) is 0.770. The van der Waals surface area contributed by atoms with Crippen molar-refractivity contribution in [3.05, 3.63) is 41.8 Å². The molecule has 2 aromatic heterocycles. The fourth-order valence-electron chi connectivity index (χ4n) is 1.81. The molecule has 1 N–H and O–H groups in total. The van der Waals surface area contributed by atoms with Gasteiger partial charge in [-0.05, 0) is 6.07 Å². The second-order valence-electron chi connectivity index (χ2n) is 3.76. The lowest BCUT2D eigenvalue weighted by molar-refractivity contribution is 0.0686. The van der Waals surface area contributed by atoms with E-state index in [1.165, 1.54) is 12.3 Å². The summed E-state index contributed by atoms with van der Waals surface area (Å²) in [6.07, 6.45) is 1.20. The lowest BCUT2D eigenvalue weighted by Crippen LogP contribution is -1.94. The van der Waals surface area contributed by atoms with E-state index in [4.69, 9.17) is 14.0 Å². The van der Waals surface area contributed by atoms with Crippen LogP contribution < -0.4 is 0 Å². The minimum atomic E-state index is -1.30. The molecule has 0 saturated carbocycles. The van der Waals surface area contributed by atoms with Gasteiger partial charge in [0, 0.05) is 17.5 Å². The molecule has 7 heteroatoms. The zero-order valence-electron chi connectivity index (χ0n) is 9.18. The first-order chi connectivity index (χ1) is 9.08. The average Bonchev–Trinajstić information content (AvgIpc) is 2.97. The lowest BCUT2D eigenvalue weighted by atomic mass is 10.1. The van der Waals surface area contributed by atoms with Crippen LogP contribution in [0.3, 0.4) is 0 Å². The smallest absolute Gasteiger partial charge is 0.358 e. The average molecular weight is 265 g/mol. The third-order valence-corrected chi connectivity index (χ3v) is 2.62. The molecule has 0 atom stereocenters. The summed E-state index contributed by atoms with van der Waals surface area (Å²) in [5.74, 6) is -3.15. The highest BCUT2D eigenvalue weighted by Crippen LogP contribution is 2.34. The summed E-state index contributed by atoms with van der Waals surface area (Å²) in [6.45, 7) is 0. The Morgan fingerprint density at radius 2 is 2.05 bits per heavy atom. The molecule has 0 aliphatic rings. The monoisotopic (exact) mass is 265 g/mol. The lowest BCUT2D eigenvalue weighted by Gasteiger charge is -2.00. The Morgan fingerprint density at radius 3 is 2.74 bits per heavy atom. The summed E-state index contributed by atoms with van der Waals surface area (Å²) in [7, 11) is 0. The van der Waals surface area contributed by atoms with E-state index < -0.39 is 17.6 Å². The molecule has 0 spiro atoms. The van der Waals surface area contributed by atoms with Crippen LogP contribution in [0.4, 0.5) is 8.78 Å². The number of furan rings is 1. The van der Waals surface area contributed by atoms with Crippen molar-refractivity contribution in [2.24, 2.45) is 0 Å². The topological polar surface area (TPSA) is 76.5 Å². The number of carboxylic acid groups (broad SMARTS) is 1. The van der Waals surface area contributed by atoms with Crippen LogP contribution in [0.2, 0.25) is 0 Å². The fourth-order valence-corrected chi connectivity index (χ4v) is 1.81. The van der Waals surface area contributed by atoms with Gasteiger partial charge in [-0.15, -0.1) is 0 Å². The Balaban J connectivity index is 2.29. The maximum Gasteiger partial charge on any atom is 0.358 e. The van der Waals surface area contributed by atoms with Crippen molar-refractivity contribution in [3.8, 4) is 11.3 Å². The third kappa shape index (κ3) is 1.67. The largest absolute Gasteiger partial charge is 0.476 e. The standard InChI is InChI=1S/C12H5F2NO4/c13-6-3-7(14)11-5(1-2-18-11)10(6)9-4-8(12(16)17)15-19-9/h1-4H,(H,16,17). The number of benzene rings is 1. The first-order valence-corrected chi connectivity index (χ1v) is 5.13. The molecule has 3 aromatic rings. The number of hydrogen-bond acceptors (Lipinski definition) is 4. The summed E-state index contributed by atoms with van der Waals surface area (Å²) < 4.78 is 36.9. The Kier molecular flexibility index (Phi) is 2.34. The van der Waals surface area contributed by atoms with Gasteiger partial charge in [0.2, 0.25) is 0 Å². The molecular weight excluding hydrogens is 260 g/mol. The summed E-state index contributed by atoms with van der Waals surface area (Å²) in [6, 6.07) is 3.06. The molecule has 96 valence electrons. The van der Waals surface area contributed by atoms with Gasteiger partial charge in [-0.2, -0.15) is 0 Å². The van der Waals surface area contributed by atoms with Crippen molar-refractivity contribution in [1.29, 1.82) is 0 Å². The number of fused-ring (bicyclic) bond motifs is 1. The van der Waals surface area contributed by atoms with Crippen LogP contribution in [0, 0.1) is 11.6 Å². The van der Waals surface area contributed by atoms with Gasteiger partial charge in [-0.1, -0.05) is 5.16 Å². The first-order valence-electron chi connectivity index (χ1n) is 5.13. The second-order valence-corrected chi connectivity index (χ2v) is 3.76. The van der Waals surface area contributed by atoms with E-state index in [1.807, 2.05) is 0 Å². The number of carboxylic acids is 1. The molecule has 0 bridgehead atoms. The summed E-state index contributed by atoms with van der Waals surface area (Å²) in [5.41, 5.74) is -0.592. The zero-order chi connectivity index (χ0) is 13.6. The van der Waals surface area contributed by atoms with Crippen molar-refractivity contribution in [2.75, 3.05) is 0 Å². The van der Waals surface area contributed by atoms with Gasteiger partial charge in [0.1, 0.15) is 5.82 Å². The van der Waals surface area contributed by atoms with Gasteiger partial charge in [-0.3, -0.25) is 0 Å². The maximum absolute atomic E-state index is 13.8. The molecule has 1 aromatic carbocycles. The van der Waals surface area contributed by atoms with Crippen LogP contribution in [0.15, 0.2) is 33.4 Å². The highest BCUT2D eigenvalue weighted by atomic mass is 19.1. The van der Waals surface area contributed by atoms with E-state index >= 15 is 0 Å². The minimum absolute atomic E-state index is 0.0925. The molecular formula is C12H5F2NO4. The Morgan fingerprint density at radius 1 is 1.26 bits per heavy atom. The summed E-state index contributed by atoms with van der Waals surface area (Å²) in [4.78, 5) is 10.7. The van der Waals surface area contributed by atoms with E-state index in [-0.39, 0.29) is 28.0 Å². The van der Waals surface area contributed by atoms with Gasteiger partial charge in [-0.25, -0.2) is 13.6 Å². The molecule has 0 aliphatic heterocycles. The number of aromatic nitrogens is 1. The van der Waals surface area contributed by atoms with Crippen molar-refractivity contribution in [2.45, 2.75) is 0 Å². The molecule has 3 rings (SSSR count). The predicted octanol–water partition coefficient (Wildman–Crippen LogP) is 3.06. The molecule has 0 aliphatic carbocycles. The highest BCUT2D eigenvalue weighted by Gasteiger charge is 2.21. The maximum atomic E-state index is 13.8. The van der Waals surface area contributed by atoms with Crippen molar-refractivity contribution in [1.82, 2.24) is 5.16 Å². The predicted molar refractivity (Wildman–Crippen MR) is 58.6 cm³/mol. The molecule has 0 amide bonds. The van der Waals surface area contributed by atoms with Crippen molar-refractivity contribution >= 4 is 16.9 Å². The SMILES string of the molecule is O=C(O)c1cc(-c2c(F)cc(F)c3occc23)on1. The van der Waals surface area contributed by atoms with Crippen molar-refractivity contribution < 1.29 is 27.6 Å². The number of rotatable bonds is 2. The minimum Gasteiger partial charge on any atom is -0.476 e. The number of aromatic carboxylic acids is 1. The van der Waals surface area contributed by atoms with Crippen LogP contribution in [0.1, 0.15) is 10.5 Å². The molecule has 0 radical (unpaired) electrons. The van der Waals surface area contributed by atoms with Crippen molar-refractivity contribution in [3.63, 3.8) is 0 Å². The summed E-state index contributed by atoms with van der Waals surface area (Å²) >= 11 is 0. The van der Waals surface area contributed by atoms with E-state index in [1.54, 1.807) is 0 Å². The number of halogens is 2. The van der Waals surface area contributed by atoms with E-state index in [9.17, 15) is 13.6 Å². The first kappa shape index (κ1) is 11.4. The van der Waals surface area contributed by atoms with Gasteiger partial charge in [0.25, 0.3) is 0 Å². The van der Waals surface area contributed by atoms with Crippen LogP contribution in [0.5, 0.6) is 0 Å². The molecule has 5 nitrogen and oxygen atoms in total. The van der Waals surface area contributed by atoms with Gasteiger partial charge >= 0.3 is 5.97 Å². The Labute approximate surface area is 104 Å². The molecule has 0 fully saturated rings. The highest BCUT2D eigenvalue weighted by molar-refractivity contribution is 5.94. The van der Waals surface area contributed by atoms with Gasteiger partial charge in [0.15, 0.2) is 22.9 Å². The molecule has 2 heterocycles. The fraction of sp³-hybridized carbons (Fsp3) is 0. The van der Waals surface area contributed by atoms with Crippen LogP contribution in [-0.4, -0.2) is 16.2 Å². The van der Waals surface area contributed by atoms with Gasteiger partial charge < -0.3 is 14.0 Å². The van der Waals surface area contributed by atoms with Crippen LogP contribution >= 0.6 is 0 Å². The van der Waals surface area contributed by atoms with Gasteiger partial charge in [0.05, 0.1) is 11.8 Å². The third-order valence-electron chi connectivity index (χ3n) is 2.62. The van der Waals surface area contributed by atoms with Crippen LogP contribution in [-0.2, 0) is 0 Å². The molecule has 19 heavy (non-hydrogen) atoms. The van der Waals surface area contributed by atoms with E-state index in [0.29, 0.717) is 6.07 Å². The summed E-state index contributed by atoms with van der Waals surface area (Å²) in [5, 5.41) is 12.2.